The Bertz CT molecular complexity index is 900. The number of rotatable bonds is 3. The van der Waals surface area contributed by atoms with Crippen LogP contribution in [0.2, 0.25) is 0 Å². The molecule has 1 saturated heterocycles. The minimum atomic E-state index is -0.200. The third kappa shape index (κ3) is 3.32. The summed E-state index contributed by atoms with van der Waals surface area (Å²) in [7, 11) is 0. The van der Waals surface area contributed by atoms with E-state index >= 15 is 0 Å². The molecule has 0 unspecified atom stereocenters. The van der Waals surface area contributed by atoms with Gasteiger partial charge in [0.2, 0.25) is 5.56 Å². The molecule has 3 aromatic heterocycles. The van der Waals surface area contributed by atoms with Crippen LogP contribution in [0.15, 0.2) is 53.6 Å². The van der Waals surface area contributed by atoms with Crippen molar-refractivity contribution in [2.45, 2.75) is 6.54 Å². The van der Waals surface area contributed by atoms with E-state index in [0.717, 1.165) is 30.8 Å². The van der Waals surface area contributed by atoms with Gasteiger partial charge in [-0.1, -0.05) is 6.07 Å². The van der Waals surface area contributed by atoms with Crippen molar-refractivity contribution in [3.63, 3.8) is 0 Å². The van der Waals surface area contributed by atoms with E-state index in [9.17, 15) is 9.59 Å². The quantitative estimate of drug-likeness (QED) is 0.773. The van der Waals surface area contributed by atoms with E-state index in [1.54, 1.807) is 6.07 Å². The number of nitrogens with zero attached hydrogens (tertiary/aromatic N) is 4. The fourth-order valence-electron chi connectivity index (χ4n) is 3.13. The first-order valence-corrected chi connectivity index (χ1v) is 8.33. The second-order valence-electron chi connectivity index (χ2n) is 6.22. The number of amides is 1. The maximum atomic E-state index is 12.5. The van der Waals surface area contributed by atoms with Gasteiger partial charge in [0.25, 0.3) is 5.91 Å². The number of hydrogen-bond acceptors (Lipinski definition) is 4. The Morgan fingerprint density at radius 3 is 2.68 bits per heavy atom. The summed E-state index contributed by atoms with van der Waals surface area (Å²) < 4.78 is 1.88. The topological polar surface area (TPSA) is 73.7 Å². The Balaban J connectivity index is 1.37. The first-order valence-electron chi connectivity index (χ1n) is 8.33. The fourth-order valence-corrected chi connectivity index (χ4v) is 3.13. The zero-order valence-corrected chi connectivity index (χ0v) is 13.8. The van der Waals surface area contributed by atoms with Gasteiger partial charge in [-0.15, -0.1) is 0 Å². The lowest BCUT2D eigenvalue weighted by Crippen LogP contribution is -2.48. The van der Waals surface area contributed by atoms with Gasteiger partial charge >= 0.3 is 0 Å². The van der Waals surface area contributed by atoms with Gasteiger partial charge in [0.15, 0.2) is 0 Å². The smallest absolute Gasteiger partial charge is 0.255 e. The normalized spacial score (nSPS) is 15.6. The molecule has 1 aliphatic rings. The van der Waals surface area contributed by atoms with E-state index < -0.39 is 0 Å². The number of nitrogens with one attached hydrogen (secondary N) is 1. The van der Waals surface area contributed by atoms with Crippen LogP contribution in [-0.2, 0) is 6.54 Å². The van der Waals surface area contributed by atoms with Gasteiger partial charge in [-0.25, -0.2) is 4.52 Å². The molecule has 0 saturated carbocycles. The Morgan fingerprint density at radius 2 is 1.96 bits per heavy atom. The second-order valence-corrected chi connectivity index (χ2v) is 6.22. The lowest BCUT2D eigenvalue weighted by Gasteiger charge is -2.34. The van der Waals surface area contributed by atoms with Crippen LogP contribution in [-0.4, -0.2) is 56.5 Å². The number of H-pyrrole nitrogens is 1. The summed E-state index contributed by atoms with van der Waals surface area (Å²) in [5, 5.41) is 4.58. The molecule has 1 fully saturated rings. The van der Waals surface area contributed by atoms with E-state index in [1.165, 1.54) is 12.3 Å². The summed E-state index contributed by atoms with van der Waals surface area (Å²) >= 11 is 0. The van der Waals surface area contributed by atoms with Gasteiger partial charge in [-0.3, -0.25) is 14.5 Å². The van der Waals surface area contributed by atoms with Crippen molar-refractivity contribution >= 4 is 11.4 Å². The molecule has 0 aliphatic carbocycles. The second kappa shape index (κ2) is 6.52. The van der Waals surface area contributed by atoms with E-state index in [0.29, 0.717) is 18.7 Å². The standard InChI is InChI=1S/C18H19N5O2/c24-17-5-4-14(12-19-17)18(25)22-9-7-21(8-10-22)13-15-11-16-3-1-2-6-23(16)20-15/h1-6,11-12H,7-10,13H2,(H,19,24). The molecule has 1 amide bonds. The van der Waals surface area contributed by atoms with Crippen LogP contribution in [0, 0.1) is 0 Å². The lowest BCUT2D eigenvalue weighted by molar-refractivity contribution is 0.0626. The van der Waals surface area contributed by atoms with Crippen LogP contribution in [0.25, 0.3) is 5.52 Å². The van der Waals surface area contributed by atoms with Gasteiger partial charge in [0, 0.05) is 51.2 Å². The van der Waals surface area contributed by atoms with Gasteiger partial charge < -0.3 is 9.88 Å². The number of aromatic amines is 1. The first kappa shape index (κ1) is 15.6. The molecule has 3 aromatic rings. The van der Waals surface area contributed by atoms with Gasteiger partial charge in [-0.05, 0) is 24.3 Å². The third-order valence-corrected chi connectivity index (χ3v) is 4.50. The number of pyridine rings is 2. The summed E-state index contributed by atoms with van der Waals surface area (Å²) in [6, 6.07) is 11.1. The Morgan fingerprint density at radius 1 is 1.12 bits per heavy atom. The highest BCUT2D eigenvalue weighted by molar-refractivity contribution is 5.93. The van der Waals surface area contributed by atoms with Crippen molar-refractivity contribution in [2.75, 3.05) is 26.2 Å². The molecule has 7 heteroatoms. The van der Waals surface area contributed by atoms with E-state index in [4.69, 9.17) is 0 Å². The molecule has 1 aliphatic heterocycles. The van der Waals surface area contributed by atoms with Crippen molar-refractivity contribution < 1.29 is 4.79 Å². The number of hydrogen-bond donors (Lipinski definition) is 1. The van der Waals surface area contributed by atoms with Gasteiger partial charge in [-0.2, -0.15) is 5.10 Å². The monoisotopic (exact) mass is 337 g/mol. The minimum absolute atomic E-state index is 0.0383. The van der Waals surface area contributed by atoms with Crippen LogP contribution in [0.1, 0.15) is 16.1 Å². The molecule has 0 bridgehead atoms. The molecule has 128 valence electrons. The molecule has 0 aromatic carbocycles. The number of aromatic nitrogens is 3. The Hall–Kier alpha value is -2.93. The summed E-state index contributed by atoms with van der Waals surface area (Å²) in [6.45, 7) is 3.74. The molecular weight excluding hydrogens is 318 g/mol. The Labute approximate surface area is 144 Å². The molecule has 25 heavy (non-hydrogen) atoms. The maximum Gasteiger partial charge on any atom is 0.255 e. The average molecular weight is 337 g/mol. The number of fused-ring (bicyclic) bond motifs is 1. The zero-order chi connectivity index (χ0) is 17.2. The van der Waals surface area contributed by atoms with E-state index in [-0.39, 0.29) is 11.5 Å². The predicted molar refractivity (Wildman–Crippen MR) is 93.4 cm³/mol. The number of carbonyl (C=O) groups is 1. The molecule has 1 N–H and O–H groups in total. The van der Waals surface area contributed by atoms with Crippen molar-refractivity contribution in [2.24, 2.45) is 0 Å². The zero-order valence-electron chi connectivity index (χ0n) is 13.8. The first-order chi connectivity index (χ1) is 12.2. The number of piperazine rings is 1. The largest absolute Gasteiger partial charge is 0.336 e. The molecular formula is C18H19N5O2. The third-order valence-electron chi connectivity index (χ3n) is 4.50. The Kier molecular flexibility index (Phi) is 4.07. The molecule has 4 heterocycles. The SMILES string of the molecule is O=C(c1ccc(=O)[nH]c1)N1CCN(Cc2cc3ccccn3n2)CC1. The fraction of sp³-hybridized carbons (Fsp3) is 0.278. The van der Waals surface area contributed by atoms with Gasteiger partial charge in [0.05, 0.1) is 16.8 Å². The molecule has 4 rings (SSSR count). The summed E-state index contributed by atoms with van der Waals surface area (Å²) in [6.07, 6.45) is 3.42. The van der Waals surface area contributed by atoms with Crippen LogP contribution in [0.5, 0.6) is 0 Å². The maximum absolute atomic E-state index is 12.5. The van der Waals surface area contributed by atoms with Crippen molar-refractivity contribution in [3.8, 4) is 0 Å². The molecule has 0 spiro atoms. The van der Waals surface area contributed by atoms with Gasteiger partial charge in [0.1, 0.15) is 0 Å². The summed E-state index contributed by atoms with van der Waals surface area (Å²) in [5.41, 5.74) is 2.44. The van der Waals surface area contributed by atoms with Crippen LogP contribution in [0.3, 0.4) is 0 Å². The van der Waals surface area contributed by atoms with Crippen LogP contribution < -0.4 is 5.56 Å². The van der Waals surface area contributed by atoms with Crippen molar-refractivity contribution in [1.29, 1.82) is 0 Å². The molecule has 0 atom stereocenters. The highest BCUT2D eigenvalue weighted by Gasteiger charge is 2.22. The highest BCUT2D eigenvalue weighted by Crippen LogP contribution is 2.12. The van der Waals surface area contributed by atoms with Crippen LogP contribution >= 0.6 is 0 Å². The summed E-state index contributed by atoms with van der Waals surface area (Å²) in [4.78, 5) is 30.3. The lowest BCUT2D eigenvalue weighted by atomic mass is 10.2. The highest BCUT2D eigenvalue weighted by atomic mass is 16.2. The van der Waals surface area contributed by atoms with Crippen molar-refractivity contribution in [3.05, 3.63) is 70.4 Å². The van der Waals surface area contributed by atoms with Crippen LogP contribution in [0.4, 0.5) is 0 Å². The predicted octanol–water partition coefficient (Wildman–Crippen LogP) is 0.981. The van der Waals surface area contributed by atoms with E-state index in [1.807, 2.05) is 33.8 Å². The minimum Gasteiger partial charge on any atom is -0.336 e. The number of carbonyl (C=O) groups excluding carboxylic acids is 1. The average Bonchev–Trinajstić information content (AvgIpc) is 3.05. The van der Waals surface area contributed by atoms with E-state index in [2.05, 4.69) is 21.0 Å². The molecule has 0 radical (unpaired) electrons. The molecule has 7 nitrogen and oxygen atoms in total. The van der Waals surface area contributed by atoms with Crippen molar-refractivity contribution in [1.82, 2.24) is 24.4 Å². The summed E-state index contributed by atoms with van der Waals surface area (Å²) in [5.74, 6) is -0.0383.